The summed E-state index contributed by atoms with van der Waals surface area (Å²) < 4.78 is 38.6. The standard InChI is InChI=1S/C10H7F3N2O/c1-6-8(10(11,12)13)9(16)15-5-3-2-4-7(15)14-6/h2-5H,1H3. The average molecular weight is 228 g/mol. The Morgan fingerprint density at radius 1 is 1.31 bits per heavy atom. The van der Waals surface area contributed by atoms with E-state index in [1.54, 1.807) is 6.07 Å². The first-order valence-corrected chi connectivity index (χ1v) is 4.46. The van der Waals surface area contributed by atoms with E-state index >= 15 is 0 Å². The lowest BCUT2D eigenvalue weighted by Crippen LogP contribution is -2.27. The van der Waals surface area contributed by atoms with E-state index in [0.29, 0.717) is 0 Å². The molecule has 0 saturated carbocycles. The molecular formula is C10H7F3N2O. The molecule has 0 radical (unpaired) electrons. The van der Waals surface area contributed by atoms with Gasteiger partial charge in [0, 0.05) is 6.20 Å². The molecule has 0 amide bonds. The number of rotatable bonds is 0. The Balaban J connectivity index is 2.92. The number of fused-ring (bicyclic) bond motifs is 1. The highest BCUT2D eigenvalue weighted by molar-refractivity contribution is 5.40. The number of aromatic nitrogens is 2. The van der Waals surface area contributed by atoms with Crippen LogP contribution in [0.2, 0.25) is 0 Å². The minimum Gasteiger partial charge on any atom is -0.268 e. The van der Waals surface area contributed by atoms with E-state index < -0.39 is 17.3 Å². The third kappa shape index (κ3) is 1.56. The molecule has 2 heterocycles. The van der Waals surface area contributed by atoms with Crippen molar-refractivity contribution in [2.75, 3.05) is 0 Å². The largest absolute Gasteiger partial charge is 0.423 e. The second-order valence-electron chi connectivity index (χ2n) is 3.30. The van der Waals surface area contributed by atoms with Gasteiger partial charge in [-0.2, -0.15) is 13.2 Å². The van der Waals surface area contributed by atoms with Gasteiger partial charge < -0.3 is 0 Å². The molecule has 3 nitrogen and oxygen atoms in total. The van der Waals surface area contributed by atoms with Gasteiger partial charge in [0.25, 0.3) is 5.56 Å². The van der Waals surface area contributed by atoms with Crippen LogP contribution in [0.25, 0.3) is 5.65 Å². The molecule has 2 rings (SSSR count). The molecular weight excluding hydrogens is 221 g/mol. The third-order valence-electron chi connectivity index (χ3n) is 2.20. The Labute approximate surface area is 88.2 Å². The van der Waals surface area contributed by atoms with Crippen molar-refractivity contribution in [1.82, 2.24) is 9.38 Å². The number of hydrogen-bond acceptors (Lipinski definition) is 2. The molecule has 16 heavy (non-hydrogen) atoms. The molecule has 0 saturated heterocycles. The summed E-state index contributed by atoms with van der Waals surface area (Å²) in [4.78, 5) is 15.3. The molecule has 2 aromatic heterocycles. The summed E-state index contributed by atoms with van der Waals surface area (Å²) in [5, 5.41) is 0. The fourth-order valence-electron chi connectivity index (χ4n) is 1.53. The van der Waals surface area contributed by atoms with Crippen LogP contribution < -0.4 is 5.56 Å². The molecule has 0 atom stereocenters. The van der Waals surface area contributed by atoms with Crippen molar-refractivity contribution in [3.05, 3.63) is 46.0 Å². The molecule has 0 bridgehead atoms. The lowest BCUT2D eigenvalue weighted by atomic mass is 10.2. The summed E-state index contributed by atoms with van der Waals surface area (Å²) in [5.41, 5.74) is -2.39. The lowest BCUT2D eigenvalue weighted by Gasteiger charge is -2.10. The normalized spacial score (nSPS) is 12.0. The van der Waals surface area contributed by atoms with E-state index in [1.165, 1.54) is 25.3 Å². The van der Waals surface area contributed by atoms with Gasteiger partial charge in [0.1, 0.15) is 11.2 Å². The Morgan fingerprint density at radius 2 is 2.00 bits per heavy atom. The van der Waals surface area contributed by atoms with Crippen LogP contribution in [0, 0.1) is 6.92 Å². The first-order valence-electron chi connectivity index (χ1n) is 4.46. The van der Waals surface area contributed by atoms with Gasteiger partial charge in [-0.1, -0.05) is 6.07 Å². The Bertz CT molecular complexity index is 601. The molecule has 0 fully saturated rings. The minimum absolute atomic E-state index is 0.206. The summed E-state index contributed by atoms with van der Waals surface area (Å²) in [6.45, 7) is 1.18. The van der Waals surface area contributed by atoms with Crippen LogP contribution in [0.5, 0.6) is 0 Å². The number of pyridine rings is 1. The van der Waals surface area contributed by atoms with E-state index in [9.17, 15) is 18.0 Å². The molecule has 0 aromatic carbocycles. The van der Waals surface area contributed by atoms with Gasteiger partial charge in [-0.05, 0) is 19.1 Å². The zero-order chi connectivity index (χ0) is 11.9. The first-order chi connectivity index (χ1) is 7.41. The molecule has 6 heteroatoms. The number of nitrogens with zero attached hydrogens (tertiary/aromatic N) is 2. The van der Waals surface area contributed by atoms with Crippen LogP contribution in [0.1, 0.15) is 11.3 Å². The number of aryl methyl sites for hydroxylation is 1. The van der Waals surface area contributed by atoms with Crippen LogP contribution in [0.4, 0.5) is 13.2 Å². The molecule has 0 aliphatic rings. The van der Waals surface area contributed by atoms with Crippen molar-refractivity contribution in [2.45, 2.75) is 13.1 Å². The summed E-state index contributed by atoms with van der Waals surface area (Å²) >= 11 is 0. The van der Waals surface area contributed by atoms with Gasteiger partial charge in [0.05, 0.1) is 5.69 Å². The fourth-order valence-corrected chi connectivity index (χ4v) is 1.53. The summed E-state index contributed by atoms with van der Waals surface area (Å²) in [6, 6.07) is 4.56. The van der Waals surface area contributed by atoms with E-state index in [-0.39, 0.29) is 11.3 Å². The van der Waals surface area contributed by atoms with Crippen LogP contribution in [-0.4, -0.2) is 9.38 Å². The van der Waals surface area contributed by atoms with E-state index in [4.69, 9.17) is 0 Å². The monoisotopic (exact) mass is 228 g/mol. The predicted octanol–water partition coefficient (Wildman–Crippen LogP) is 2.02. The van der Waals surface area contributed by atoms with Crippen molar-refractivity contribution in [1.29, 1.82) is 0 Å². The quantitative estimate of drug-likeness (QED) is 0.691. The first kappa shape index (κ1) is 10.7. The Morgan fingerprint density at radius 3 is 2.62 bits per heavy atom. The van der Waals surface area contributed by atoms with Gasteiger partial charge >= 0.3 is 6.18 Å². The summed E-state index contributed by atoms with van der Waals surface area (Å²) in [6.07, 6.45) is -3.41. The van der Waals surface area contributed by atoms with Gasteiger partial charge in [0.15, 0.2) is 0 Å². The highest BCUT2D eigenvalue weighted by atomic mass is 19.4. The lowest BCUT2D eigenvalue weighted by molar-refractivity contribution is -0.139. The van der Waals surface area contributed by atoms with Crippen molar-refractivity contribution < 1.29 is 13.2 Å². The molecule has 0 aliphatic heterocycles. The SMILES string of the molecule is Cc1nc2ccccn2c(=O)c1C(F)(F)F. The Hall–Kier alpha value is -1.85. The molecule has 0 spiro atoms. The van der Waals surface area contributed by atoms with Gasteiger partial charge in [-0.25, -0.2) is 4.98 Å². The van der Waals surface area contributed by atoms with Crippen molar-refractivity contribution in [2.24, 2.45) is 0 Å². The highest BCUT2D eigenvalue weighted by Crippen LogP contribution is 2.28. The molecule has 84 valence electrons. The maximum Gasteiger partial charge on any atom is 0.423 e. The minimum atomic E-state index is -4.68. The molecule has 0 aliphatic carbocycles. The molecule has 0 unspecified atom stereocenters. The highest BCUT2D eigenvalue weighted by Gasteiger charge is 2.37. The van der Waals surface area contributed by atoms with Crippen LogP contribution >= 0.6 is 0 Å². The predicted molar refractivity (Wildman–Crippen MR) is 51.2 cm³/mol. The molecule has 0 N–H and O–H groups in total. The fraction of sp³-hybridized carbons (Fsp3) is 0.200. The average Bonchev–Trinajstić information content (AvgIpc) is 2.15. The second-order valence-corrected chi connectivity index (χ2v) is 3.30. The zero-order valence-corrected chi connectivity index (χ0v) is 8.25. The third-order valence-corrected chi connectivity index (χ3v) is 2.20. The van der Waals surface area contributed by atoms with Crippen LogP contribution in [0.3, 0.4) is 0 Å². The van der Waals surface area contributed by atoms with Gasteiger partial charge in [-0.3, -0.25) is 9.20 Å². The summed E-state index contributed by atoms with van der Waals surface area (Å²) in [5.74, 6) is 0. The topological polar surface area (TPSA) is 34.4 Å². The van der Waals surface area contributed by atoms with Crippen molar-refractivity contribution in [3.63, 3.8) is 0 Å². The maximum absolute atomic E-state index is 12.6. The van der Waals surface area contributed by atoms with E-state index in [0.717, 1.165) is 4.40 Å². The van der Waals surface area contributed by atoms with Crippen LogP contribution in [0.15, 0.2) is 29.2 Å². The zero-order valence-electron chi connectivity index (χ0n) is 8.25. The maximum atomic E-state index is 12.6. The number of alkyl halides is 3. The van der Waals surface area contributed by atoms with Crippen LogP contribution in [-0.2, 0) is 6.18 Å². The van der Waals surface area contributed by atoms with E-state index in [2.05, 4.69) is 4.98 Å². The number of halogens is 3. The Kier molecular flexibility index (Phi) is 2.22. The second kappa shape index (κ2) is 3.33. The smallest absolute Gasteiger partial charge is 0.268 e. The van der Waals surface area contributed by atoms with Gasteiger partial charge in [0.2, 0.25) is 0 Å². The number of hydrogen-bond donors (Lipinski definition) is 0. The van der Waals surface area contributed by atoms with Crippen molar-refractivity contribution >= 4 is 5.65 Å². The summed E-state index contributed by atoms with van der Waals surface area (Å²) in [7, 11) is 0. The van der Waals surface area contributed by atoms with E-state index in [1.807, 2.05) is 0 Å². The van der Waals surface area contributed by atoms with Crippen molar-refractivity contribution in [3.8, 4) is 0 Å². The van der Waals surface area contributed by atoms with Gasteiger partial charge in [-0.15, -0.1) is 0 Å². The molecule has 2 aromatic rings.